The van der Waals surface area contributed by atoms with Crippen molar-refractivity contribution in [1.82, 2.24) is 4.98 Å². The van der Waals surface area contributed by atoms with Crippen LogP contribution in [0.2, 0.25) is 0 Å². The Morgan fingerprint density at radius 2 is 1.89 bits per heavy atom. The molecule has 0 radical (unpaired) electrons. The Balaban J connectivity index is 1.99. The maximum Gasteiger partial charge on any atom is 0.217 e. The molecule has 2 bridgehead atoms. The van der Waals surface area contributed by atoms with Gasteiger partial charge in [0.15, 0.2) is 5.41 Å². The minimum Gasteiger partial charge on any atom is -0.447 e. The predicted octanol–water partition coefficient (Wildman–Crippen LogP) is 3.37. The normalized spacial score (nSPS) is 36.7. The van der Waals surface area contributed by atoms with E-state index in [2.05, 4.69) is 23.2 Å². The minimum absolute atomic E-state index is 0.314. The number of ether oxygens (including phenoxy) is 2. The monoisotopic (exact) mass is 361 g/mol. The summed E-state index contributed by atoms with van der Waals surface area (Å²) < 4.78 is 12.3. The highest BCUT2D eigenvalue weighted by molar-refractivity contribution is 5.89. The van der Waals surface area contributed by atoms with E-state index < -0.39 is 28.6 Å². The molecule has 0 spiro atoms. The van der Waals surface area contributed by atoms with Gasteiger partial charge in [-0.1, -0.05) is 25.3 Å². The van der Waals surface area contributed by atoms with Crippen molar-refractivity contribution < 1.29 is 9.47 Å². The fraction of sp³-hybridized carbons (Fsp3) is 0.550. The van der Waals surface area contributed by atoms with Crippen molar-refractivity contribution in [3.63, 3.8) is 0 Å². The highest BCUT2D eigenvalue weighted by atomic mass is 16.7. The molecule has 3 heterocycles. The van der Waals surface area contributed by atoms with Crippen LogP contribution in [0.5, 0.6) is 0 Å². The Labute approximate surface area is 157 Å². The first kappa shape index (κ1) is 17.5. The van der Waals surface area contributed by atoms with Gasteiger partial charge < -0.3 is 9.47 Å². The molecule has 4 rings (SSSR count). The molecule has 7 heteroatoms. The SMILES string of the molecule is N#CC1(C#N)C(c2cccnc2)OC23CCCCCCC2C1(C#N)C(=N)O3. The molecule has 4 unspecified atom stereocenters. The van der Waals surface area contributed by atoms with Gasteiger partial charge in [0.1, 0.15) is 6.10 Å². The first-order valence-corrected chi connectivity index (χ1v) is 9.20. The van der Waals surface area contributed by atoms with E-state index in [0.29, 0.717) is 18.4 Å². The van der Waals surface area contributed by atoms with Crippen LogP contribution in [0.25, 0.3) is 0 Å². The standard InChI is InChI=1S/C20H19N5O2/c21-11-18(12-22)16(14-6-5-9-25-10-14)26-20-8-4-2-1-3-7-15(20)19(18,13-23)17(24)27-20/h5-6,9-10,15-16,24H,1-4,7-8H2. The number of nitrogens with zero attached hydrogens (tertiary/aromatic N) is 4. The zero-order chi connectivity index (χ0) is 19.1. The molecule has 1 N–H and O–H groups in total. The first-order valence-electron chi connectivity index (χ1n) is 9.20. The number of hydrogen-bond donors (Lipinski definition) is 1. The molecule has 136 valence electrons. The minimum atomic E-state index is -1.88. The van der Waals surface area contributed by atoms with E-state index in [4.69, 9.17) is 14.9 Å². The summed E-state index contributed by atoms with van der Waals surface area (Å²) in [7, 11) is 0. The summed E-state index contributed by atoms with van der Waals surface area (Å²) in [4.78, 5) is 4.09. The van der Waals surface area contributed by atoms with Gasteiger partial charge in [0, 0.05) is 24.4 Å². The van der Waals surface area contributed by atoms with Crippen LogP contribution in [-0.2, 0) is 9.47 Å². The lowest BCUT2D eigenvalue weighted by atomic mass is 9.52. The van der Waals surface area contributed by atoms with Crippen molar-refractivity contribution in [2.75, 3.05) is 0 Å². The Kier molecular flexibility index (Phi) is 3.91. The van der Waals surface area contributed by atoms with Crippen LogP contribution in [0.4, 0.5) is 0 Å². The summed E-state index contributed by atoms with van der Waals surface area (Å²) in [6, 6.07) is 9.78. The number of aromatic nitrogens is 1. The van der Waals surface area contributed by atoms with Crippen LogP contribution in [0.1, 0.15) is 50.2 Å². The third kappa shape index (κ3) is 2.02. The van der Waals surface area contributed by atoms with E-state index in [1.54, 1.807) is 24.5 Å². The van der Waals surface area contributed by atoms with Crippen LogP contribution < -0.4 is 0 Å². The molecule has 1 aromatic heterocycles. The zero-order valence-corrected chi connectivity index (χ0v) is 14.8. The smallest absolute Gasteiger partial charge is 0.217 e. The van der Waals surface area contributed by atoms with Gasteiger partial charge in [-0.3, -0.25) is 10.4 Å². The van der Waals surface area contributed by atoms with E-state index >= 15 is 0 Å². The third-order valence-electron chi connectivity index (χ3n) is 6.30. The van der Waals surface area contributed by atoms with E-state index in [-0.39, 0.29) is 5.90 Å². The van der Waals surface area contributed by atoms with Crippen molar-refractivity contribution in [2.24, 2.45) is 16.7 Å². The number of rotatable bonds is 1. The largest absolute Gasteiger partial charge is 0.447 e. The van der Waals surface area contributed by atoms with E-state index in [1.807, 2.05) is 0 Å². The van der Waals surface area contributed by atoms with Crippen LogP contribution in [0, 0.1) is 56.2 Å². The Bertz CT molecular complexity index is 882. The fourth-order valence-electron chi connectivity index (χ4n) is 5.05. The van der Waals surface area contributed by atoms with Crippen LogP contribution >= 0.6 is 0 Å². The first-order chi connectivity index (χ1) is 13.1. The van der Waals surface area contributed by atoms with E-state index in [0.717, 1.165) is 25.7 Å². The highest BCUT2D eigenvalue weighted by Crippen LogP contribution is 2.68. The quantitative estimate of drug-likeness (QED) is 0.817. The van der Waals surface area contributed by atoms with Crippen LogP contribution in [0.15, 0.2) is 24.5 Å². The molecular weight excluding hydrogens is 342 g/mol. The number of nitriles is 3. The van der Waals surface area contributed by atoms with Gasteiger partial charge in [-0.05, 0) is 18.9 Å². The molecule has 1 aliphatic carbocycles. The molecule has 7 nitrogen and oxygen atoms in total. The van der Waals surface area contributed by atoms with Gasteiger partial charge in [-0.25, -0.2) is 0 Å². The number of pyridine rings is 1. The molecule has 0 amide bonds. The third-order valence-corrected chi connectivity index (χ3v) is 6.30. The summed E-state index contributed by atoms with van der Waals surface area (Å²) in [6.45, 7) is 0. The van der Waals surface area contributed by atoms with Crippen LogP contribution in [0.3, 0.4) is 0 Å². The van der Waals surface area contributed by atoms with Crippen molar-refractivity contribution in [2.45, 2.75) is 50.4 Å². The molecule has 2 aliphatic heterocycles. The molecule has 3 fully saturated rings. The molecule has 3 aliphatic rings. The second-order valence-corrected chi connectivity index (χ2v) is 7.48. The molecule has 1 saturated carbocycles. The molecule has 2 saturated heterocycles. The maximum atomic E-state index is 10.3. The van der Waals surface area contributed by atoms with Gasteiger partial charge >= 0.3 is 0 Å². The van der Waals surface area contributed by atoms with Crippen molar-refractivity contribution in [1.29, 1.82) is 21.2 Å². The lowest BCUT2D eigenvalue weighted by Crippen LogP contribution is -2.59. The molecule has 1 aromatic rings. The number of hydrogen-bond acceptors (Lipinski definition) is 7. The maximum absolute atomic E-state index is 10.3. The van der Waals surface area contributed by atoms with Gasteiger partial charge in [0.25, 0.3) is 0 Å². The van der Waals surface area contributed by atoms with E-state index in [1.165, 1.54) is 0 Å². The van der Waals surface area contributed by atoms with E-state index in [9.17, 15) is 15.8 Å². The summed E-state index contributed by atoms with van der Waals surface area (Å²) in [5, 5.41) is 39.1. The van der Waals surface area contributed by atoms with Gasteiger partial charge in [0.2, 0.25) is 17.1 Å². The Morgan fingerprint density at radius 3 is 2.56 bits per heavy atom. The molecule has 0 aromatic carbocycles. The lowest BCUT2D eigenvalue weighted by molar-refractivity contribution is -0.289. The molecular formula is C20H19N5O2. The summed E-state index contributed by atoms with van der Waals surface area (Å²) in [5.74, 6) is -1.98. The van der Waals surface area contributed by atoms with Gasteiger partial charge in [0.05, 0.1) is 24.1 Å². The zero-order valence-electron chi connectivity index (χ0n) is 14.8. The molecule has 27 heavy (non-hydrogen) atoms. The van der Waals surface area contributed by atoms with Crippen molar-refractivity contribution in [3.05, 3.63) is 30.1 Å². The Morgan fingerprint density at radius 1 is 1.11 bits per heavy atom. The van der Waals surface area contributed by atoms with Crippen LogP contribution in [-0.4, -0.2) is 16.7 Å². The summed E-state index contributed by atoms with van der Waals surface area (Å²) in [5.41, 5.74) is -3.00. The second-order valence-electron chi connectivity index (χ2n) is 7.48. The summed E-state index contributed by atoms with van der Waals surface area (Å²) >= 11 is 0. The second kappa shape index (κ2) is 6.05. The fourth-order valence-corrected chi connectivity index (χ4v) is 5.05. The van der Waals surface area contributed by atoms with Gasteiger partial charge in [-0.2, -0.15) is 15.8 Å². The average Bonchev–Trinajstić information content (AvgIpc) is 2.86. The highest BCUT2D eigenvalue weighted by Gasteiger charge is 2.80. The van der Waals surface area contributed by atoms with Crippen molar-refractivity contribution in [3.8, 4) is 18.2 Å². The Hall–Kier alpha value is -2.95. The van der Waals surface area contributed by atoms with Crippen molar-refractivity contribution >= 4 is 5.90 Å². The number of nitrogens with one attached hydrogen (secondary N) is 1. The topological polar surface area (TPSA) is 127 Å². The lowest BCUT2D eigenvalue weighted by Gasteiger charge is -2.50. The summed E-state index contributed by atoms with van der Waals surface area (Å²) in [6.07, 6.45) is 6.97. The van der Waals surface area contributed by atoms with Gasteiger partial charge in [-0.15, -0.1) is 0 Å². The average molecular weight is 361 g/mol. The molecule has 4 atom stereocenters. The predicted molar refractivity (Wildman–Crippen MR) is 92.5 cm³/mol.